The Balaban J connectivity index is 2.29. The lowest BCUT2D eigenvalue weighted by Gasteiger charge is -2.32. The van der Waals surface area contributed by atoms with E-state index in [0.29, 0.717) is 6.04 Å². The monoisotopic (exact) mass is 199 g/mol. The molecule has 0 bridgehead atoms. The molecule has 0 amide bonds. The summed E-state index contributed by atoms with van der Waals surface area (Å²) in [5.74, 6) is 0.873. The number of hydrogen-bond donors (Lipinski definition) is 0. The molecule has 1 aliphatic heterocycles. The molecule has 0 aliphatic carbocycles. The molecule has 0 N–H and O–H groups in total. The molecule has 0 radical (unpaired) electrons. The van der Waals surface area contributed by atoms with Crippen molar-refractivity contribution < 1.29 is 4.74 Å². The molecule has 84 valence electrons. The highest BCUT2D eigenvalue weighted by Crippen LogP contribution is 2.17. The minimum Gasteiger partial charge on any atom is -0.381 e. The summed E-state index contributed by atoms with van der Waals surface area (Å²) in [7, 11) is 0. The van der Waals surface area contributed by atoms with Gasteiger partial charge in [0.15, 0.2) is 0 Å². The van der Waals surface area contributed by atoms with Gasteiger partial charge in [-0.2, -0.15) is 0 Å². The van der Waals surface area contributed by atoms with Crippen LogP contribution in [0.3, 0.4) is 0 Å². The first-order valence-electron chi connectivity index (χ1n) is 6.05. The van der Waals surface area contributed by atoms with Gasteiger partial charge >= 0.3 is 0 Å². The molecule has 0 unspecified atom stereocenters. The van der Waals surface area contributed by atoms with Gasteiger partial charge < -0.3 is 9.64 Å². The van der Waals surface area contributed by atoms with E-state index in [1.54, 1.807) is 0 Å². The van der Waals surface area contributed by atoms with Crippen molar-refractivity contribution in [1.29, 1.82) is 0 Å². The first kappa shape index (κ1) is 12.0. The number of hydrogen-bond acceptors (Lipinski definition) is 2. The Morgan fingerprint density at radius 2 is 1.93 bits per heavy atom. The Kier molecular flexibility index (Phi) is 5.49. The van der Waals surface area contributed by atoms with Gasteiger partial charge in [0, 0.05) is 25.8 Å². The molecular weight excluding hydrogens is 174 g/mol. The molecule has 2 nitrogen and oxygen atoms in total. The lowest BCUT2D eigenvalue weighted by molar-refractivity contribution is 0.0478. The van der Waals surface area contributed by atoms with Crippen LogP contribution in [0.25, 0.3) is 0 Å². The molecule has 0 spiro atoms. The van der Waals surface area contributed by atoms with Gasteiger partial charge in [0.1, 0.15) is 0 Å². The smallest absolute Gasteiger partial charge is 0.0469 e. The normalized spacial score (nSPS) is 19.5. The minimum absolute atomic E-state index is 0.692. The van der Waals surface area contributed by atoms with Crippen LogP contribution >= 0.6 is 0 Å². The van der Waals surface area contributed by atoms with E-state index >= 15 is 0 Å². The molecule has 1 heterocycles. The van der Waals surface area contributed by atoms with Gasteiger partial charge in [-0.3, -0.25) is 0 Å². The number of ether oxygens (including phenoxy) is 1. The maximum absolute atomic E-state index is 5.38. The van der Waals surface area contributed by atoms with Crippen LogP contribution in [-0.2, 0) is 4.74 Å². The minimum atomic E-state index is 0.692. The van der Waals surface area contributed by atoms with Gasteiger partial charge in [-0.1, -0.05) is 6.92 Å². The van der Waals surface area contributed by atoms with E-state index in [-0.39, 0.29) is 0 Å². The zero-order valence-corrected chi connectivity index (χ0v) is 9.96. The lowest BCUT2D eigenvalue weighted by atomic mass is 9.99. The first-order chi connectivity index (χ1) is 6.74. The summed E-state index contributed by atoms with van der Waals surface area (Å²) in [6.45, 7) is 11.3. The summed E-state index contributed by atoms with van der Waals surface area (Å²) in [5, 5.41) is 0. The third-order valence-corrected chi connectivity index (χ3v) is 3.07. The Morgan fingerprint density at radius 1 is 1.29 bits per heavy atom. The molecule has 0 aromatic rings. The van der Waals surface area contributed by atoms with Crippen LogP contribution in [0.1, 0.15) is 40.0 Å². The van der Waals surface area contributed by atoms with E-state index in [1.165, 1.54) is 32.4 Å². The van der Waals surface area contributed by atoms with Crippen LogP contribution in [0.2, 0.25) is 0 Å². The summed E-state index contributed by atoms with van der Waals surface area (Å²) in [4.78, 5) is 2.61. The fourth-order valence-corrected chi connectivity index (χ4v) is 2.11. The first-order valence-corrected chi connectivity index (χ1v) is 6.05. The molecule has 0 atom stereocenters. The van der Waals surface area contributed by atoms with E-state index < -0.39 is 0 Å². The van der Waals surface area contributed by atoms with Gasteiger partial charge in [0.25, 0.3) is 0 Å². The van der Waals surface area contributed by atoms with Gasteiger partial charge in [-0.25, -0.2) is 0 Å². The Hall–Kier alpha value is -0.0800. The fraction of sp³-hybridized carbons (Fsp3) is 1.00. The average Bonchev–Trinajstić information content (AvgIpc) is 2.18. The summed E-state index contributed by atoms with van der Waals surface area (Å²) in [5.41, 5.74) is 0. The van der Waals surface area contributed by atoms with E-state index in [0.717, 1.165) is 19.1 Å². The Bertz CT molecular complexity index is 141. The van der Waals surface area contributed by atoms with Gasteiger partial charge in [0.05, 0.1) is 0 Å². The molecule has 1 rings (SSSR count). The maximum Gasteiger partial charge on any atom is 0.0469 e. The van der Waals surface area contributed by atoms with Gasteiger partial charge in [-0.05, 0) is 45.6 Å². The zero-order valence-electron chi connectivity index (χ0n) is 9.96. The molecule has 14 heavy (non-hydrogen) atoms. The topological polar surface area (TPSA) is 12.5 Å². The molecule has 1 saturated heterocycles. The van der Waals surface area contributed by atoms with Crippen LogP contribution in [0.5, 0.6) is 0 Å². The highest BCUT2D eigenvalue weighted by Gasteiger charge is 2.18. The van der Waals surface area contributed by atoms with E-state index in [9.17, 15) is 0 Å². The highest BCUT2D eigenvalue weighted by molar-refractivity contribution is 4.71. The number of nitrogens with zero attached hydrogens (tertiary/aromatic N) is 1. The van der Waals surface area contributed by atoms with Crippen LogP contribution in [-0.4, -0.2) is 37.2 Å². The fourth-order valence-electron chi connectivity index (χ4n) is 2.11. The van der Waals surface area contributed by atoms with Crippen molar-refractivity contribution in [3.05, 3.63) is 0 Å². The maximum atomic E-state index is 5.38. The Labute approximate surface area is 88.6 Å². The van der Waals surface area contributed by atoms with Crippen molar-refractivity contribution in [3.8, 4) is 0 Å². The number of rotatable bonds is 5. The van der Waals surface area contributed by atoms with Crippen molar-refractivity contribution in [2.75, 3.05) is 26.3 Å². The second-order valence-electron chi connectivity index (χ2n) is 4.64. The lowest BCUT2D eigenvalue weighted by Crippen LogP contribution is -2.37. The predicted octanol–water partition coefficient (Wildman–Crippen LogP) is 2.53. The van der Waals surface area contributed by atoms with E-state index in [2.05, 4.69) is 25.7 Å². The van der Waals surface area contributed by atoms with Crippen molar-refractivity contribution in [1.82, 2.24) is 4.90 Å². The summed E-state index contributed by atoms with van der Waals surface area (Å²) in [6.07, 6.45) is 3.78. The van der Waals surface area contributed by atoms with E-state index in [1.807, 2.05) is 0 Å². The largest absolute Gasteiger partial charge is 0.381 e. The molecule has 0 aromatic carbocycles. The van der Waals surface area contributed by atoms with Crippen molar-refractivity contribution >= 4 is 0 Å². The summed E-state index contributed by atoms with van der Waals surface area (Å²) < 4.78 is 5.38. The second-order valence-corrected chi connectivity index (χ2v) is 4.64. The van der Waals surface area contributed by atoms with Crippen LogP contribution in [0, 0.1) is 5.92 Å². The molecule has 0 saturated carbocycles. The second kappa shape index (κ2) is 6.41. The predicted molar refractivity (Wildman–Crippen MR) is 60.5 cm³/mol. The van der Waals surface area contributed by atoms with Crippen molar-refractivity contribution in [2.45, 2.75) is 46.1 Å². The van der Waals surface area contributed by atoms with Crippen LogP contribution in [0.15, 0.2) is 0 Å². The molecular formula is C12H25NO. The van der Waals surface area contributed by atoms with E-state index in [4.69, 9.17) is 4.74 Å². The zero-order chi connectivity index (χ0) is 10.4. The van der Waals surface area contributed by atoms with Gasteiger partial charge in [0.2, 0.25) is 0 Å². The summed E-state index contributed by atoms with van der Waals surface area (Å²) >= 11 is 0. The van der Waals surface area contributed by atoms with Crippen LogP contribution < -0.4 is 0 Å². The third-order valence-electron chi connectivity index (χ3n) is 3.07. The van der Waals surface area contributed by atoms with Crippen molar-refractivity contribution in [3.63, 3.8) is 0 Å². The SMILES string of the molecule is CCCN(CC1CCOCC1)C(C)C. The van der Waals surface area contributed by atoms with Crippen molar-refractivity contribution in [2.24, 2.45) is 5.92 Å². The summed E-state index contributed by atoms with van der Waals surface area (Å²) in [6, 6.07) is 0.692. The highest BCUT2D eigenvalue weighted by atomic mass is 16.5. The van der Waals surface area contributed by atoms with Gasteiger partial charge in [-0.15, -0.1) is 0 Å². The quantitative estimate of drug-likeness (QED) is 0.674. The molecule has 1 aliphatic rings. The molecule has 2 heteroatoms. The molecule has 1 fully saturated rings. The van der Waals surface area contributed by atoms with Crippen LogP contribution in [0.4, 0.5) is 0 Å². The average molecular weight is 199 g/mol. The third kappa shape index (κ3) is 3.97. The Morgan fingerprint density at radius 3 is 2.43 bits per heavy atom. The molecule has 0 aromatic heterocycles. The standard InChI is InChI=1S/C12H25NO/c1-4-7-13(11(2)3)10-12-5-8-14-9-6-12/h11-12H,4-10H2,1-3H3.